The predicted molar refractivity (Wildman–Crippen MR) is 67.5 cm³/mol. The van der Waals surface area contributed by atoms with E-state index < -0.39 is 0 Å². The van der Waals surface area contributed by atoms with Gasteiger partial charge in [0.25, 0.3) is 5.91 Å². The van der Waals surface area contributed by atoms with Crippen molar-refractivity contribution in [1.29, 1.82) is 0 Å². The molecule has 1 aliphatic carbocycles. The van der Waals surface area contributed by atoms with Gasteiger partial charge in [0.05, 0.1) is 16.7 Å². The number of carbonyl (C=O) groups excluding carboxylic acids is 1. The molecule has 0 bridgehead atoms. The predicted octanol–water partition coefficient (Wildman–Crippen LogP) is 2.49. The van der Waals surface area contributed by atoms with E-state index in [4.69, 9.17) is 28.3 Å². The van der Waals surface area contributed by atoms with Crippen molar-refractivity contribution in [2.75, 3.05) is 6.54 Å². The maximum absolute atomic E-state index is 11.8. The van der Waals surface area contributed by atoms with Crippen molar-refractivity contribution in [3.05, 3.63) is 33.8 Å². The van der Waals surface area contributed by atoms with Gasteiger partial charge in [0, 0.05) is 11.6 Å². The first-order valence-corrected chi connectivity index (χ1v) is 6.23. The van der Waals surface area contributed by atoms with Crippen LogP contribution in [0.25, 0.3) is 0 Å². The molecular formula is C12H13Cl2NO2. The number of nitrogens with one attached hydrogen (secondary N) is 1. The van der Waals surface area contributed by atoms with Gasteiger partial charge in [-0.3, -0.25) is 4.79 Å². The molecule has 0 spiro atoms. The Morgan fingerprint density at radius 1 is 1.41 bits per heavy atom. The standard InChI is InChI=1S/C12H13Cl2NO2/c13-8-1-2-11(14)10(5-8)12(17)15-6-7-3-9(16)4-7/h1-2,5,7,9,16H,3-4,6H2,(H,15,17). The Kier molecular flexibility index (Phi) is 3.92. The molecule has 0 atom stereocenters. The van der Waals surface area contributed by atoms with E-state index in [1.807, 2.05) is 0 Å². The first-order chi connectivity index (χ1) is 8.06. The summed E-state index contributed by atoms with van der Waals surface area (Å²) in [5.74, 6) is 0.144. The monoisotopic (exact) mass is 273 g/mol. The normalized spacial score (nSPS) is 23.0. The van der Waals surface area contributed by atoms with Gasteiger partial charge >= 0.3 is 0 Å². The molecular weight excluding hydrogens is 261 g/mol. The fraction of sp³-hybridized carbons (Fsp3) is 0.417. The molecule has 0 unspecified atom stereocenters. The molecule has 0 aromatic heterocycles. The average Bonchev–Trinajstić information content (AvgIpc) is 2.26. The van der Waals surface area contributed by atoms with Gasteiger partial charge in [0.2, 0.25) is 0 Å². The third kappa shape index (κ3) is 3.12. The fourth-order valence-corrected chi connectivity index (χ4v) is 2.25. The molecule has 1 saturated carbocycles. The van der Waals surface area contributed by atoms with E-state index in [-0.39, 0.29) is 12.0 Å². The maximum Gasteiger partial charge on any atom is 0.252 e. The quantitative estimate of drug-likeness (QED) is 0.889. The van der Waals surface area contributed by atoms with Crippen LogP contribution in [0.3, 0.4) is 0 Å². The second-order valence-electron chi connectivity index (χ2n) is 4.33. The Bertz CT molecular complexity index is 431. The van der Waals surface area contributed by atoms with E-state index in [1.54, 1.807) is 18.2 Å². The molecule has 3 nitrogen and oxygen atoms in total. The summed E-state index contributed by atoms with van der Waals surface area (Å²) >= 11 is 11.7. The van der Waals surface area contributed by atoms with E-state index >= 15 is 0 Å². The summed E-state index contributed by atoms with van der Waals surface area (Å²) in [4.78, 5) is 11.8. The van der Waals surface area contributed by atoms with Crippen molar-refractivity contribution in [3.63, 3.8) is 0 Å². The second kappa shape index (κ2) is 5.25. The third-order valence-electron chi connectivity index (χ3n) is 2.94. The van der Waals surface area contributed by atoms with Gasteiger partial charge in [-0.15, -0.1) is 0 Å². The molecule has 1 fully saturated rings. The van der Waals surface area contributed by atoms with Crippen LogP contribution in [0.15, 0.2) is 18.2 Å². The molecule has 17 heavy (non-hydrogen) atoms. The van der Waals surface area contributed by atoms with Crippen molar-refractivity contribution in [1.82, 2.24) is 5.32 Å². The van der Waals surface area contributed by atoms with Gasteiger partial charge in [0.1, 0.15) is 0 Å². The van der Waals surface area contributed by atoms with Crippen molar-refractivity contribution in [2.45, 2.75) is 18.9 Å². The van der Waals surface area contributed by atoms with Crippen LogP contribution in [-0.2, 0) is 0 Å². The van der Waals surface area contributed by atoms with Crippen molar-refractivity contribution in [2.24, 2.45) is 5.92 Å². The molecule has 0 saturated heterocycles. The van der Waals surface area contributed by atoms with Crippen molar-refractivity contribution >= 4 is 29.1 Å². The van der Waals surface area contributed by atoms with E-state index in [0.717, 1.165) is 12.8 Å². The number of halogens is 2. The zero-order valence-electron chi connectivity index (χ0n) is 9.12. The minimum Gasteiger partial charge on any atom is -0.393 e. The topological polar surface area (TPSA) is 49.3 Å². The zero-order valence-corrected chi connectivity index (χ0v) is 10.6. The number of amides is 1. The highest BCUT2D eigenvalue weighted by molar-refractivity contribution is 6.35. The Morgan fingerprint density at radius 2 is 2.12 bits per heavy atom. The number of benzene rings is 1. The van der Waals surface area contributed by atoms with E-state index in [1.165, 1.54) is 0 Å². The minimum absolute atomic E-state index is 0.202. The number of aliphatic hydroxyl groups excluding tert-OH is 1. The van der Waals surface area contributed by atoms with Crippen LogP contribution in [0.2, 0.25) is 10.0 Å². The number of hydrogen-bond acceptors (Lipinski definition) is 2. The zero-order chi connectivity index (χ0) is 12.4. The molecule has 92 valence electrons. The highest BCUT2D eigenvalue weighted by Gasteiger charge is 2.27. The highest BCUT2D eigenvalue weighted by Crippen LogP contribution is 2.26. The van der Waals surface area contributed by atoms with Gasteiger partial charge < -0.3 is 10.4 Å². The largest absolute Gasteiger partial charge is 0.393 e. The first-order valence-electron chi connectivity index (χ1n) is 5.47. The molecule has 2 N–H and O–H groups in total. The Labute approximate surface area is 110 Å². The maximum atomic E-state index is 11.8. The lowest BCUT2D eigenvalue weighted by Gasteiger charge is -2.31. The number of rotatable bonds is 3. The summed E-state index contributed by atoms with van der Waals surface area (Å²) in [6.07, 6.45) is 1.30. The van der Waals surface area contributed by atoms with E-state index in [2.05, 4.69) is 5.32 Å². The summed E-state index contributed by atoms with van der Waals surface area (Å²) in [5.41, 5.74) is 0.388. The molecule has 1 aromatic rings. The lowest BCUT2D eigenvalue weighted by molar-refractivity contribution is 0.0420. The summed E-state index contributed by atoms with van der Waals surface area (Å²) < 4.78 is 0. The van der Waals surface area contributed by atoms with Crippen LogP contribution < -0.4 is 5.32 Å². The molecule has 1 aliphatic rings. The lowest BCUT2D eigenvalue weighted by Crippen LogP contribution is -2.38. The lowest BCUT2D eigenvalue weighted by atomic mass is 9.82. The average molecular weight is 274 g/mol. The van der Waals surface area contributed by atoms with Gasteiger partial charge in [0.15, 0.2) is 0 Å². The summed E-state index contributed by atoms with van der Waals surface area (Å²) in [6.45, 7) is 0.568. The second-order valence-corrected chi connectivity index (χ2v) is 5.17. The van der Waals surface area contributed by atoms with Crippen LogP contribution >= 0.6 is 23.2 Å². The van der Waals surface area contributed by atoms with E-state index in [0.29, 0.717) is 28.1 Å². The third-order valence-corrected chi connectivity index (χ3v) is 3.50. The van der Waals surface area contributed by atoms with Crippen LogP contribution in [0.1, 0.15) is 23.2 Å². The number of hydrogen-bond donors (Lipinski definition) is 2. The van der Waals surface area contributed by atoms with Gasteiger partial charge in [-0.1, -0.05) is 23.2 Å². The number of aliphatic hydroxyl groups is 1. The molecule has 5 heteroatoms. The smallest absolute Gasteiger partial charge is 0.252 e. The van der Waals surface area contributed by atoms with Gasteiger partial charge in [-0.05, 0) is 37.0 Å². The molecule has 1 amide bonds. The van der Waals surface area contributed by atoms with E-state index in [9.17, 15) is 4.79 Å². The van der Waals surface area contributed by atoms with Crippen molar-refractivity contribution in [3.8, 4) is 0 Å². The molecule has 0 heterocycles. The van der Waals surface area contributed by atoms with Crippen LogP contribution in [0, 0.1) is 5.92 Å². The fourth-order valence-electron chi connectivity index (χ4n) is 1.87. The van der Waals surface area contributed by atoms with Gasteiger partial charge in [-0.2, -0.15) is 0 Å². The Hall–Kier alpha value is -0.770. The SMILES string of the molecule is O=C(NCC1CC(O)C1)c1cc(Cl)ccc1Cl. The highest BCUT2D eigenvalue weighted by atomic mass is 35.5. The van der Waals surface area contributed by atoms with Gasteiger partial charge in [-0.25, -0.2) is 0 Å². The van der Waals surface area contributed by atoms with Crippen molar-refractivity contribution < 1.29 is 9.90 Å². The summed E-state index contributed by atoms with van der Waals surface area (Å²) in [6, 6.07) is 4.80. The summed E-state index contributed by atoms with van der Waals surface area (Å²) in [7, 11) is 0. The molecule has 2 rings (SSSR count). The van der Waals surface area contributed by atoms with Crippen LogP contribution in [0.5, 0.6) is 0 Å². The minimum atomic E-state index is -0.223. The van der Waals surface area contributed by atoms with Crippen LogP contribution in [-0.4, -0.2) is 23.7 Å². The number of carbonyl (C=O) groups is 1. The summed E-state index contributed by atoms with van der Waals surface area (Å²) in [5, 5.41) is 12.8. The Morgan fingerprint density at radius 3 is 2.76 bits per heavy atom. The Balaban J connectivity index is 1.92. The molecule has 0 radical (unpaired) electrons. The van der Waals surface area contributed by atoms with Crippen LogP contribution in [0.4, 0.5) is 0 Å². The molecule has 0 aliphatic heterocycles. The first kappa shape index (κ1) is 12.7. The molecule has 1 aromatic carbocycles.